The molecule has 0 unspecified atom stereocenters. The zero-order chi connectivity index (χ0) is 15.5. The third-order valence-corrected chi connectivity index (χ3v) is 4.59. The van der Waals surface area contributed by atoms with Gasteiger partial charge in [-0.2, -0.15) is 0 Å². The number of benzene rings is 2. The zero-order valence-electron chi connectivity index (χ0n) is 13.8. The minimum atomic E-state index is 0.380. The normalized spacial score (nSPS) is 20.1. The van der Waals surface area contributed by atoms with E-state index in [0.29, 0.717) is 12.1 Å². The van der Waals surface area contributed by atoms with Gasteiger partial charge in [0.05, 0.1) is 6.04 Å². The lowest BCUT2D eigenvalue weighted by molar-refractivity contribution is 0.599. The van der Waals surface area contributed by atoms with Gasteiger partial charge >= 0.3 is 0 Å². The summed E-state index contributed by atoms with van der Waals surface area (Å²) < 4.78 is 0. The average molecular weight is 294 g/mol. The molecular formula is C20H26N2. The predicted octanol–water partition coefficient (Wildman–Crippen LogP) is 5.17. The van der Waals surface area contributed by atoms with Crippen LogP contribution in [0.25, 0.3) is 0 Å². The first kappa shape index (κ1) is 15.0. The lowest BCUT2D eigenvalue weighted by atomic mass is 9.91. The summed E-state index contributed by atoms with van der Waals surface area (Å²) in [5.41, 5.74) is 6.68. The van der Waals surface area contributed by atoms with Crippen LogP contribution in [-0.4, -0.2) is 6.04 Å². The third-order valence-electron chi connectivity index (χ3n) is 4.59. The van der Waals surface area contributed by atoms with E-state index in [4.69, 9.17) is 0 Å². The van der Waals surface area contributed by atoms with Crippen LogP contribution in [0.1, 0.15) is 49.9 Å². The van der Waals surface area contributed by atoms with Gasteiger partial charge in [-0.25, -0.2) is 0 Å². The lowest BCUT2D eigenvalue weighted by Gasteiger charge is -2.33. The molecule has 0 fully saturated rings. The van der Waals surface area contributed by atoms with Gasteiger partial charge in [-0.15, -0.1) is 0 Å². The SMILES string of the molecule is CCc1ccc(N[C@@H]2C[C@H](C)Nc3ccc(CC)cc32)cc1. The van der Waals surface area contributed by atoms with Crippen LogP contribution in [0.5, 0.6) is 0 Å². The second-order valence-corrected chi connectivity index (χ2v) is 6.30. The Morgan fingerprint density at radius 2 is 1.68 bits per heavy atom. The molecule has 2 aromatic rings. The number of hydrogen-bond donors (Lipinski definition) is 2. The summed E-state index contributed by atoms with van der Waals surface area (Å²) in [6.07, 6.45) is 3.28. The van der Waals surface area contributed by atoms with Gasteiger partial charge in [0.1, 0.15) is 0 Å². The molecule has 0 spiro atoms. The van der Waals surface area contributed by atoms with Crippen molar-refractivity contribution in [3.8, 4) is 0 Å². The number of hydrogen-bond acceptors (Lipinski definition) is 2. The summed E-state index contributed by atoms with van der Waals surface area (Å²) in [6.45, 7) is 6.66. The van der Waals surface area contributed by atoms with E-state index in [1.54, 1.807) is 0 Å². The maximum Gasteiger partial charge on any atom is 0.0553 e. The first-order valence-corrected chi connectivity index (χ1v) is 8.44. The van der Waals surface area contributed by atoms with Gasteiger partial charge in [-0.05, 0) is 61.1 Å². The minimum Gasteiger partial charge on any atom is -0.382 e. The Morgan fingerprint density at radius 1 is 1.00 bits per heavy atom. The molecule has 0 saturated carbocycles. The molecule has 116 valence electrons. The molecule has 2 nitrogen and oxygen atoms in total. The topological polar surface area (TPSA) is 24.1 Å². The van der Waals surface area contributed by atoms with Crippen LogP contribution in [0, 0.1) is 0 Å². The molecule has 22 heavy (non-hydrogen) atoms. The van der Waals surface area contributed by atoms with Crippen LogP contribution in [0.2, 0.25) is 0 Å². The fourth-order valence-electron chi connectivity index (χ4n) is 3.23. The zero-order valence-corrected chi connectivity index (χ0v) is 13.8. The maximum absolute atomic E-state index is 3.73. The largest absolute Gasteiger partial charge is 0.382 e. The first-order chi connectivity index (χ1) is 10.7. The van der Waals surface area contributed by atoms with Gasteiger partial charge < -0.3 is 10.6 Å². The van der Waals surface area contributed by atoms with Crippen LogP contribution < -0.4 is 10.6 Å². The summed E-state index contributed by atoms with van der Waals surface area (Å²) >= 11 is 0. The van der Waals surface area contributed by atoms with Crippen LogP contribution in [-0.2, 0) is 12.8 Å². The van der Waals surface area contributed by atoms with Gasteiger partial charge in [0, 0.05) is 17.4 Å². The molecule has 2 atom stereocenters. The molecule has 2 N–H and O–H groups in total. The summed E-state index contributed by atoms with van der Waals surface area (Å²) in [5.74, 6) is 0. The molecule has 0 bridgehead atoms. The Labute approximate surface area is 134 Å². The smallest absolute Gasteiger partial charge is 0.0553 e. The van der Waals surface area contributed by atoms with E-state index in [1.165, 1.54) is 28.1 Å². The summed E-state index contributed by atoms with van der Waals surface area (Å²) in [6, 6.07) is 16.5. The van der Waals surface area contributed by atoms with Gasteiger partial charge in [-0.3, -0.25) is 0 Å². The fourth-order valence-corrected chi connectivity index (χ4v) is 3.23. The van der Waals surface area contributed by atoms with Crippen molar-refractivity contribution < 1.29 is 0 Å². The molecule has 2 aromatic carbocycles. The van der Waals surface area contributed by atoms with Crippen molar-refractivity contribution >= 4 is 11.4 Å². The molecule has 1 aliphatic heterocycles. The van der Waals surface area contributed by atoms with Crippen LogP contribution in [0.15, 0.2) is 42.5 Å². The molecule has 1 heterocycles. The Balaban J connectivity index is 1.87. The summed E-state index contributed by atoms with van der Waals surface area (Å²) in [5, 5.41) is 7.34. The van der Waals surface area contributed by atoms with E-state index in [1.807, 2.05) is 0 Å². The maximum atomic E-state index is 3.73. The molecule has 0 saturated heterocycles. The van der Waals surface area contributed by atoms with Crippen molar-refractivity contribution in [1.29, 1.82) is 0 Å². The molecule has 2 heteroatoms. The number of fused-ring (bicyclic) bond motifs is 1. The van der Waals surface area contributed by atoms with Crippen molar-refractivity contribution in [3.05, 3.63) is 59.2 Å². The Kier molecular flexibility index (Phi) is 4.37. The van der Waals surface area contributed by atoms with Crippen LogP contribution in [0.3, 0.4) is 0 Å². The van der Waals surface area contributed by atoms with Crippen LogP contribution in [0.4, 0.5) is 11.4 Å². The second-order valence-electron chi connectivity index (χ2n) is 6.30. The monoisotopic (exact) mass is 294 g/mol. The van der Waals surface area contributed by atoms with E-state index >= 15 is 0 Å². The van der Waals surface area contributed by atoms with Gasteiger partial charge in [0.25, 0.3) is 0 Å². The van der Waals surface area contributed by atoms with Gasteiger partial charge in [0.2, 0.25) is 0 Å². The first-order valence-electron chi connectivity index (χ1n) is 8.44. The average Bonchev–Trinajstić information content (AvgIpc) is 2.55. The van der Waals surface area contributed by atoms with Crippen molar-refractivity contribution in [3.63, 3.8) is 0 Å². The lowest BCUT2D eigenvalue weighted by Crippen LogP contribution is -2.29. The second kappa shape index (κ2) is 6.43. The number of anilines is 2. The van der Waals surface area contributed by atoms with Crippen molar-refractivity contribution in [1.82, 2.24) is 0 Å². The number of rotatable bonds is 4. The van der Waals surface area contributed by atoms with E-state index in [2.05, 4.69) is 73.9 Å². The van der Waals surface area contributed by atoms with Crippen molar-refractivity contribution in [2.45, 2.75) is 52.1 Å². The van der Waals surface area contributed by atoms with E-state index in [9.17, 15) is 0 Å². The van der Waals surface area contributed by atoms with E-state index in [-0.39, 0.29) is 0 Å². The predicted molar refractivity (Wildman–Crippen MR) is 95.7 cm³/mol. The third kappa shape index (κ3) is 3.11. The minimum absolute atomic E-state index is 0.380. The van der Waals surface area contributed by atoms with Gasteiger partial charge in [0.15, 0.2) is 0 Å². The molecular weight excluding hydrogens is 268 g/mol. The van der Waals surface area contributed by atoms with Crippen molar-refractivity contribution in [2.24, 2.45) is 0 Å². The number of nitrogens with one attached hydrogen (secondary N) is 2. The van der Waals surface area contributed by atoms with E-state index < -0.39 is 0 Å². The molecule has 0 aliphatic carbocycles. The Morgan fingerprint density at radius 3 is 2.36 bits per heavy atom. The highest BCUT2D eigenvalue weighted by atomic mass is 15.0. The summed E-state index contributed by atoms with van der Waals surface area (Å²) in [4.78, 5) is 0. The fraction of sp³-hybridized carbons (Fsp3) is 0.400. The highest BCUT2D eigenvalue weighted by molar-refractivity contribution is 5.60. The van der Waals surface area contributed by atoms with Crippen LogP contribution >= 0.6 is 0 Å². The molecule has 0 aromatic heterocycles. The van der Waals surface area contributed by atoms with Crippen molar-refractivity contribution in [2.75, 3.05) is 10.6 Å². The highest BCUT2D eigenvalue weighted by Gasteiger charge is 2.24. The number of aryl methyl sites for hydroxylation is 2. The highest BCUT2D eigenvalue weighted by Crippen LogP contribution is 2.35. The van der Waals surface area contributed by atoms with Gasteiger partial charge in [-0.1, -0.05) is 38.1 Å². The van der Waals surface area contributed by atoms with E-state index in [0.717, 1.165) is 19.3 Å². The molecule has 3 rings (SSSR count). The molecule has 0 amide bonds. The standard InChI is InChI=1S/C20H26N2/c1-4-15-6-9-17(10-7-15)22-20-12-14(3)21-19-11-8-16(5-2)13-18(19)20/h6-11,13-14,20-22H,4-5,12H2,1-3H3/t14-,20+/m0/s1. The molecule has 0 radical (unpaired) electrons. The Bertz CT molecular complexity index is 631. The summed E-state index contributed by atoms with van der Waals surface area (Å²) in [7, 11) is 0. The molecule has 1 aliphatic rings. The Hall–Kier alpha value is -1.96. The quantitative estimate of drug-likeness (QED) is 0.813.